The number of fused-ring (bicyclic) bond motifs is 6. The van der Waals surface area contributed by atoms with Crippen LogP contribution in [0.1, 0.15) is 6.92 Å². The van der Waals surface area contributed by atoms with Crippen molar-refractivity contribution in [3.63, 3.8) is 0 Å². The monoisotopic (exact) mass is 610 g/mol. The highest BCUT2D eigenvalue weighted by molar-refractivity contribution is 7.25. The maximum atomic E-state index is 6.23. The number of hydrogen-bond acceptors (Lipinski definition) is 4. The van der Waals surface area contributed by atoms with Crippen LogP contribution < -0.4 is 4.90 Å². The predicted molar refractivity (Wildman–Crippen MR) is 197 cm³/mol. The molecule has 6 aromatic carbocycles. The van der Waals surface area contributed by atoms with Gasteiger partial charge in [-0.25, -0.2) is 4.98 Å². The first-order chi connectivity index (χ1) is 22.7. The fourth-order valence-corrected chi connectivity index (χ4v) is 7.45. The molecule has 2 heterocycles. The lowest BCUT2D eigenvalue weighted by Crippen LogP contribution is -2.15. The zero-order valence-corrected chi connectivity index (χ0v) is 26.2. The van der Waals surface area contributed by atoms with Gasteiger partial charge in [-0.2, -0.15) is 0 Å². The van der Waals surface area contributed by atoms with Gasteiger partial charge >= 0.3 is 0 Å². The van der Waals surface area contributed by atoms with E-state index in [1.54, 1.807) is 0 Å². The Kier molecular flexibility index (Phi) is 7.05. The van der Waals surface area contributed by atoms with Crippen molar-refractivity contribution in [1.29, 1.82) is 0 Å². The predicted octanol–water partition coefficient (Wildman–Crippen LogP) is 12.5. The molecule has 0 radical (unpaired) electrons. The van der Waals surface area contributed by atoms with Crippen molar-refractivity contribution in [3.05, 3.63) is 164 Å². The number of nitrogens with zero attached hydrogens (tertiary/aromatic N) is 2. The largest absolute Gasteiger partial charge is 0.436 e. The molecule has 0 saturated carbocycles. The number of rotatable bonds is 7. The van der Waals surface area contributed by atoms with Crippen LogP contribution in [0.25, 0.3) is 64.6 Å². The molecule has 0 aliphatic carbocycles. The van der Waals surface area contributed by atoms with E-state index in [4.69, 9.17) is 9.40 Å². The molecule has 46 heavy (non-hydrogen) atoms. The van der Waals surface area contributed by atoms with Crippen molar-refractivity contribution < 1.29 is 4.42 Å². The molecule has 0 spiro atoms. The number of oxazole rings is 1. The Morgan fingerprint density at radius 2 is 1.50 bits per heavy atom. The van der Waals surface area contributed by atoms with Crippen LogP contribution in [0.3, 0.4) is 0 Å². The number of thiophene rings is 1. The first-order valence-corrected chi connectivity index (χ1v) is 16.2. The lowest BCUT2D eigenvalue weighted by Gasteiger charge is -2.28. The molecule has 3 nitrogen and oxygen atoms in total. The molecule has 0 amide bonds. The summed E-state index contributed by atoms with van der Waals surface area (Å²) in [5, 5.41) is 4.70. The average Bonchev–Trinajstić information content (AvgIpc) is 3.73. The van der Waals surface area contributed by atoms with Crippen LogP contribution in [0.2, 0.25) is 0 Å². The normalized spacial score (nSPS) is 12.2. The molecule has 0 bridgehead atoms. The van der Waals surface area contributed by atoms with Crippen molar-refractivity contribution in [3.8, 4) is 22.6 Å². The van der Waals surface area contributed by atoms with Crippen molar-refractivity contribution >= 4 is 64.8 Å². The van der Waals surface area contributed by atoms with Crippen molar-refractivity contribution in [1.82, 2.24) is 4.98 Å². The van der Waals surface area contributed by atoms with Gasteiger partial charge in [-0.1, -0.05) is 91.5 Å². The second kappa shape index (κ2) is 11.7. The van der Waals surface area contributed by atoms with Crippen LogP contribution in [0, 0.1) is 0 Å². The maximum absolute atomic E-state index is 6.23. The lowest BCUT2D eigenvalue weighted by molar-refractivity contribution is 0.620. The minimum atomic E-state index is 0.618. The molecule has 0 unspecified atom stereocenters. The minimum absolute atomic E-state index is 0.618. The molecule has 0 aliphatic rings. The first-order valence-electron chi connectivity index (χ1n) is 15.4. The second-order valence-corrected chi connectivity index (χ2v) is 12.2. The quantitative estimate of drug-likeness (QED) is 0.168. The molecule has 0 aliphatic heterocycles. The van der Waals surface area contributed by atoms with Crippen LogP contribution in [0.4, 0.5) is 11.4 Å². The molecule has 0 fully saturated rings. The zero-order valence-electron chi connectivity index (χ0n) is 25.4. The average molecular weight is 611 g/mol. The molecule has 220 valence electrons. The van der Waals surface area contributed by atoms with E-state index in [1.165, 1.54) is 25.7 Å². The van der Waals surface area contributed by atoms with E-state index >= 15 is 0 Å². The summed E-state index contributed by atoms with van der Waals surface area (Å²) < 4.78 is 8.83. The SMILES string of the molecule is C=C/C(=C\C=C/C)N(c1cccc(-c2cccc3sc4ccccc4c23)c1)c1cccc2c1ccc1oc(-c3ccccc3)nc12. The third-order valence-electron chi connectivity index (χ3n) is 8.40. The van der Waals surface area contributed by atoms with Crippen LogP contribution in [-0.2, 0) is 0 Å². The van der Waals surface area contributed by atoms with Crippen LogP contribution in [0.15, 0.2) is 168 Å². The molecule has 0 saturated heterocycles. The van der Waals surface area contributed by atoms with Gasteiger partial charge in [0.1, 0.15) is 5.52 Å². The van der Waals surface area contributed by atoms with Gasteiger partial charge in [-0.3, -0.25) is 0 Å². The first kappa shape index (κ1) is 27.8. The van der Waals surface area contributed by atoms with Crippen LogP contribution in [0.5, 0.6) is 0 Å². The van der Waals surface area contributed by atoms with Gasteiger partial charge in [0.15, 0.2) is 5.58 Å². The summed E-state index contributed by atoms with van der Waals surface area (Å²) in [5.74, 6) is 0.618. The molecule has 0 N–H and O–H groups in total. The van der Waals surface area contributed by atoms with Crippen molar-refractivity contribution in [2.75, 3.05) is 4.90 Å². The highest BCUT2D eigenvalue weighted by Crippen LogP contribution is 2.43. The Morgan fingerprint density at radius 1 is 0.739 bits per heavy atom. The summed E-state index contributed by atoms with van der Waals surface area (Å²) in [4.78, 5) is 7.26. The van der Waals surface area contributed by atoms with Gasteiger partial charge < -0.3 is 9.32 Å². The summed E-state index contributed by atoms with van der Waals surface area (Å²) in [6.45, 7) is 6.26. The van der Waals surface area contributed by atoms with Crippen molar-refractivity contribution in [2.24, 2.45) is 0 Å². The molecule has 8 aromatic rings. The Morgan fingerprint density at radius 3 is 2.37 bits per heavy atom. The zero-order chi connectivity index (χ0) is 31.0. The smallest absolute Gasteiger partial charge is 0.227 e. The lowest BCUT2D eigenvalue weighted by atomic mass is 9.98. The van der Waals surface area contributed by atoms with E-state index in [0.29, 0.717) is 5.89 Å². The second-order valence-electron chi connectivity index (χ2n) is 11.2. The number of benzene rings is 6. The fraction of sp³-hybridized carbons (Fsp3) is 0.0238. The van der Waals surface area contributed by atoms with E-state index < -0.39 is 0 Å². The van der Waals surface area contributed by atoms with E-state index in [0.717, 1.165) is 50.1 Å². The van der Waals surface area contributed by atoms with E-state index in [9.17, 15) is 0 Å². The summed E-state index contributed by atoms with van der Waals surface area (Å²) >= 11 is 1.84. The summed E-state index contributed by atoms with van der Waals surface area (Å²) in [5.41, 5.74) is 8.01. The van der Waals surface area contributed by atoms with Gasteiger partial charge in [-0.15, -0.1) is 11.3 Å². The van der Waals surface area contributed by atoms with Crippen LogP contribution in [-0.4, -0.2) is 4.98 Å². The molecular formula is C42H30N2OS. The molecule has 0 atom stereocenters. The summed E-state index contributed by atoms with van der Waals surface area (Å²) in [6, 6.07) is 44.7. The van der Waals surface area contributed by atoms with E-state index in [2.05, 4.69) is 115 Å². The summed E-state index contributed by atoms with van der Waals surface area (Å²) in [7, 11) is 0. The Balaban J connectivity index is 1.33. The molecule has 4 heteroatoms. The van der Waals surface area contributed by atoms with Gasteiger partial charge in [-0.05, 0) is 84.8 Å². The number of aromatic nitrogens is 1. The van der Waals surface area contributed by atoms with Gasteiger partial charge in [0.25, 0.3) is 0 Å². The fourth-order valence-electron chi connectivity index (χ4n) is 6.31. The number of allylic oxidation sites excluding steroid dienone is 4. The topological polar surface area (TPSA) is 29.3 Å². The van der Waals surface area contributed by atoms with Crippen molar-refractivity contribution in [2.45, 2.75) is 6.92 Å². The highest BCUT2D eigenvalue weighted by atomic mass is 32.1. The molecule has 8 rings (SSSR count). The van der Waals surface area contributed by atoms with Gasteiger partial charge in [0.05, 0.1) is 5.69 Å². The van der Waals surface area contributed by atoms with E-state index in [-0.39, 0.29) is 0 Å². The standard InChI is InChI=1S/C42H30N2OS/c1-3-5-17-30(4-2)44(31-18-11-16-29(27-31)32-20-13-24-39-40(32)35-19-9-10-23-38(35)46-39)36-22-12-21-34-33(36)25-26-37-41(34)43-42(45-37)28-14-7-6-8-15-28/h3-27H,2H2,1H3/b5-3-,30-17+. The number of hydrogen-bond donors (Lipinski definition) is 0. The molecule has 2 aromatic heterocycles. The number of anilines is 2. The Hall–Kier alpha value is -5.71. The van der Waals surface area contributed by atoms with Gasteiger partial charge in [0, 0.05) is 47.9 Å². The van der Waals surface area contributed by atoms with Gasteiger partial charge in [0.2, 0.25) is 5.89 Å². The van der Waals surface area contributed by atoms with Crippen LogP contribution >= 0.6 is 11.3 Å². The minimum Gasteiger partial charge on any atom is -0.436 e. The molecular weight excluding hydrogens is 581 g/mol. The third-order valence-corrected chi connectivity index (χ3v) is 9.54. The highest BCUT2D eigenvalue weighted by Gasteiger charge is 2.20. The Labute approximate surface area is 271 Å². The van der Waals surface area contributed by atoms with E-state index in [1.807, 2.05) is 66.8 Å². The summed E-state index contributed by atoms with van der Waals surface area (Å²) in [6.07, 6.45) is 8.11. The maximum Gasteiger partial charge on any atom is 0.227 e. The third kappa shape index (κ3) is 4.71. The Bertz CT molecular complexity index is 2460.